The number of hydrogen-bond acceptors (Lipinski definition) is 3. The number of oxime groups is 1. The summed E-state index contributed by atoms with van der Waals surface area (Å²) in [7, 11) is 0. The first-order chi connectivity index (χ1) is 14.2. The number of allylic oxidation sites excluding steroid dienone is 2. The first-order valence-electron chi connectivity index (χ1n) is 12.7. The van der Waals surface area contributed by atoms with Gasteiger partial charge in [-0.15, -0.1) is 0 Å². The van der Waals surface area contributed by atoms with Crippen molar-refractivity contribution in [3.05, 3.63) is 11.6 Å². The van der Waals surface area contributed by atoms with Crippen LogP contribution in [0, 0.1) is 46.3 Å². The van der Waals surface area contributed by atoms with Gasteiger partial charge in [-0.2, -0.15) is 0 Å². The van der Waals surface area contributed by atoms with Crippen molar-refractivity contribution in [1.29, 1.82) is 0 Å². The van der Waals surface area contributed by atoms with E-state index in [0.29, 0.717) is 34.7 Å². The van der Waals surface area contributed by atoms with Crippen LogP contribution in [0.4, 0.5) is 0 Å². The maximum atomic E-state index is 13.3. The average molecular weight is 414 g/mol. The molecule has 3 fully saturated rings. The fraction of sp³-hybridized carbons (Fsp3) is 0.852. The number of rotatable bonds is 5. The van der Waals surface area contributed by atoms with Crippen molar-refractivity contribution in [3.63, 3.8) is 0 Å². The van der Waals surface area contributed by atoms with Crippen LogP contribution in [0.1, 0.15) is 98.8 Å². The van der Waals surface area contributed by atoms with Gasteiger partial charge >= 0.3 is 0 Å². The molecule has 0 aromatic rings. The summed E-state index contributed by atoms with van der Waals surface area (Å²) in [6.07, 6.45) is 13.8. The molecule has 0 amide bonds. The van der Waals surface area contributed by atoms with E-state index in [1.807, 2.05) is 6.08 Å². The van der Waals surface area contributed by atoms with Crippen molar-refractivity contribution >= 4 is 11.5 Å². The Balaban J connectivity index is 1.54. The zero-order valence-electron chi connectivity index (χ0n) is 19.9. The lowest BCUT2D eigenvalue weighted by Gasteiger charge is -2.58. The molecule has 3 nitrogen and oxygen atoms in total. The molecule has 168 valence electrons. The number of carbonyl (C=O) groups is 1. The number of hydrogen-bond donors (Lipinski definition) is 1. The van der Waals surface area contributed by atoms with Gasteiger partial charge in [0.2, 0.25) is 0 Å². The van der Waals surface area contributed by atoms with Gasteiger partial charge in [-0.1, -0.05) is 59.0 Å². The van der Waals surface area contributed by atoms with Crippen LogP contribution in [0.3, 0.4) is 0 Å². The van der Waals surface area contributed by atoms with E-state index >= 15 is 0 Å². The molecule has 0 aromatic heterocycles. The molecule has 0 spiro atoms. The fourth-order valence-electron chi connectivity index (χ4n) is 8.50. The zero-order chi connectivity index (χ0) is 21.7. The Kier molecular flexibility index (Phi) is 5.96. The molecule has 3 saturated carbocycles. The topological polar surface area (TPSA) is 49.7 Å². The van der Waals surface area contributed by atoms with Crippen LogP contribution in [0.5, 0.6) is 0 Å². The Morgan fingerprint density at radius 1 is 1.10 bits per heavy atom. The zero-order valence-corrected chi connectivity index (χ0v) is 19.9. The average Bonchev–Trinajstić information content (AvgIpc) is 3.05. The van der Waals surface area contributed by atoms with Crippen molar-refractivity contribution in [1.82, 2.24) is 0 Å². The Morgan fingerprint density at radius 2 is 1.87 bits per heavy atom. The molecule has 0 saturated heterocycles. The standard InChI is InChI=1S/C27H43NO2/c1-17(2)7-6-8-18(3)21-9-10-22-20-16-25(29)24-15-19(28-30)11-13-27(24,5)23(20)12-14-26(21,22)4/h15,17-18,20-23,30H,6-14,16H2,1-5H3/b28-19+/t18-,20-,21+,22-,23-,26-,27-/m1/s1. The van der Waals surface area contributed by atoms with E-state index in [1.54, 1.807) is 0 Å². The van der Waals surface area contributed by atoms with Crippen molar-refractivity contribution in [3.8, 4) is 0 Å². The highest BCUT2D eigenvalue weighted by Gasteiger charge is 2.60. The van der Waals surface area contributed by atoms with Gasteiger partial charge in [-0.05, 0) is 90.9 Å². The Morgan fingerprint density at radius 3 is 2.57 bits per heavy atom. The quantitative estimate of drug-likeness (QED) is 0.388. The minimum atomic E-state index is -0.0174. The van der Waals surface area contributed by atoms with E-state index in [2.05, 4.69) is 39.8 Å². The lowest BCUT2D eigenvalue weighted by atomic mass is 9.46. The normalized spacial score (nSPS) is 43.2. The summed E-state index contributed by atoms with van der Waals surface area (Å²) < 4.78 is 0. The number of ketones is 1. The second-order valence-corrected chi connectivity index (χ2v) is 12.1. The predicted octanol–water partition coefficient (Wildman–Crippen LogP) is 7.04. The van der Waals surface area contributed by atoms with E-state index in [4.69, 9.17) is 0 Å². The van der Waals surface area contributed by atoms with Crippen LogP contribution in [0.2, 0.25) is 0 Å². The van der Waals surface area contributed by atoms with Gasteiger partial charge < -0.3 is 5.21 Å². The van der Waals surface area contributed by atoms with Crippen LogP contribution in [-0.2, 0) is 4.79 Å². The third-order valence-electron chi connectivity index (χ3n) is 10.1. The number of carbonyl (C=O) groups excluding carboxylic acids is 1. The van der Waals surface area contributed by atoms with Gasteiger partial charge in [0.1, 0.15) is 0 Å². The third kappa shape index (κ3) is 3.48. The number of Topliss-reactive ketones (excluding diaryl/α,β-unsaturated/α-hetero) is 1. The lowest BCUT2D eigenvalue weighted by Crippen LogP contribution is -2.53. The van der Waals surface area contributed by atoms with Crippen LogP contribution in [0.25, 0.3) is 0 Å². The first kappa shape index (κ1) is 22.1. The van der Waals surface area contributed by atoms with E-state index in [-0.39, 0.29) is 5.41 Å². The first-order valence-corrected chi connectivity index (χ1v) is 12.7. The second kappa shape index (κ2) is 8.10. The highest BCUT2D eigenvalue weighted by atomic mass is 16.4. The summed E-state index contributed by atoms with van der Waals surface area (Å²) in [6.45, 7) is 12.1. The SMILES string of the molecule is CC(C)CCC[C@@H](C)[C@@H]1CC[C@@H]2[C@H]3CC(=O)C4=C/C(=N/O)CC[C@]4(C)[C@@H]3CC[C@@]21C. The molecule has 0 aliphatic heterocycles. The van der Waals surface area contributed by atoms with Gasteiger partial charge in [0.05, 0.1) is 5.71 Å². The molecule has 4 rings (SSSR count). The van der Waals surface area contributed by atoms with E-state index in [1.165, 1.54) is 44.9 Å². The van der Waals surface area contributed by atoms with E-state index in [0.717, 1.165) is 42.6 Å². The molecule has 7 atom stereocenters. The van der Waals surface area contributed by atoms with Crippen molar-refractivity contribution in [2.24, 2.45) is 51.5 Å². The predicted molar refractivity (Wildman–Crippen MR) is 123 cm³/mol. The molecule has 0 aromatic carbocycles. The largest absolute Gasteiger partial charge is 0.411 e. The van der Waals surface area contributed by atoms with Gasteiger partial charge in [0.15, 0.2) is 5.78 Å². The molecule has 30 heavy (non-hydrogen) atoms. The minimum Gasteiger partial charge on any atom is -0.411 e. The Labute approximate surface area is 183 Å². The molecule has 0 bridgehead atoms. The molecule has 0 heterocycles. The summed E-state index contributed by atoms with van der Waals surface area (Å²) in [6, 6.07) is 0. The smallest absolute Gasteiger partial charge is 0.159 e. The van der Waals surface area contributed by atoms with Gasteiger partial charge in [-0.3, -0.25) is 4.79 Å². The molecule has 0 radical (unpaired) electrons. The lowest BCUT2D eigenvalue weighted by molar-refractivity contribution is -0.128. The molecular weight excluding hydrogens is 370 g/mol. The van der Waals surface area contributed by atoms with Crippen molar-refractivity contribution in [2.45, 2.75) is 98.8 Å². The molecule has 0 unspecified atom stereocenters. The second-order valence-electron chi connectivity index (χ2n) is 12.1. The maximum Gasteiger partial charge on any atom is 0.159 e. The van der Waals surface area contributed by atoms with Crippen LogP contribution >= 0.6 is 0 Å². The molecule has 4 aliphatic carbocycles. The van der Waals surface area contributed by atoms with Crippen LogP contribution in [-0.4, -0.2) is 16.7 Å². The monoisotopic (exact) mass is 413 g/mol. The van der Waals surface area contributed by atoms with E-state index < -0.39 is 0 Å². The van der Waals surface area contributed by atoms with E-state index in [9.17, 15) is 10.0 Å². The minimum absolute atomic E-state index is 0.0174. The highest BCUT2D eigenvalue weighted by molar-refractivity contribution is 6.07. The number of fused-ring (bicyclic) bond motifs is 5. The maximum absolute atomic E-state index is 13.3. The summed E-state index contributed by atoms with van der Waals surface area (Å²) in [5.41, 5.74) is 2.05. The Bertz CT molecular complexity index is 737. The highest BCUT2D eigenvalue weighted by Crippen LogP contribution is 2.67. The summed E-state index contributed by atoms with van der Waals surface area (Å²) in [4.78, 5) is 13.3. The van der Waals surface area contributed by atoms with Crippen molar-refractivity contribution < 1.29 is 10.0 Å². The van der Waals surface area contributed by atoms with Crippen molar-refractivity contribution in [2.75, 3.05) is 0 Å². The third-order valence-corrected chi connectivity index (χ3v) is 10.1. The molecule has 3 heteroatoms. The summed E-state index contributed by atoms with van der Waals surface area (Å²) in [5.74, 6) is 4.66. The van der Waals surface area contributed by atoms with Gasteiger partial charge in [0.25, 0.3) is 0 Å². The summed E-state index contributed by atoms with van der Waals surface area (Å²) in [5, 5.41) is 12.7. The van der Waals surface area contributed by atoms with Gasteiger partial charge in [0, 0.05) is 12.0 Å². The molecule has 1 N–H and O–H groups in total. The van der Waals surface area contributed by atoms with Crippen LogP contribution < -0.4 is 0 Å². The summed E-state index contributed by atoms with van der Waals surface area (Å²) >= 11 is 0. The number of nitrogens with zero attached hydrogens (tertiary/aromatic N) is 1. The van der Waals surface area contributed by atoms with Crippen LogP contribution in [0.15, 0.2) is 16.8 Å². The van der Waals surface area contributed by atoms with Gasteiger partial charge in [-0.25, -0.2) is 0 Å². The Hall–Kier alpha value is -1.12. The fourth-order valence-corrected chi connectivity index (χ4v) is 8.50. The molecular formula is C27H43NO2. The molecule has 4 aliphatic rings.